The average molecular weight is 469 g/mol. The van der Waals surface area contributed by atoms with Crippen molar-refractivity contribution in [2.24, 2.45) is 5.92 Å². The maximum Gasteiger partial charge on any atom is 0.151 e. The summed E-state index contributed by atoms with van der Waals surface area (Å²) in [6, 6.07) is 20.0. The first-order valence-electron chi connectivity index (χ1n) is 11.7. The third kappa shape index (κ3) is 4.79. The zero-order chi connectivity index (χ0) is 23.5. The van der Waals surface area contributed by atoms with E-state index in [1.807, 2.05) is 67.1 Å². The number of nitrogens with zero attached hydrogens (tertiary/aromatic N) is 5. The minimum atomic E-state index is 0.525. The number of halogens is 1. The summed E-state index contributed by atoms with van der Waals surface area (Å²) in [7, 11) is 2.02. The quantitative estimate of drug-likeness (QED) is 0.439. The van der Waals surface area contributed by atoms with Gasteiger partial charge in [-0.25, -0.2) is 4.98 Å². The number of anilines is 1. The van der Waals surface area contributed by atoms with Crippen molar-refractivity contribution in [2.75, 3.05) is 25.0 Å². The molecule has 5 rings (SSSR count). The summed E-state index contributed by atoms with van der Waals surface area (Å²) in [5.41, 5.74) is 5.53. The van der Waals surface area contributed by atoms with Crippen LogP contribution in [0.15, 0.2) is 60.8 Å². The molecule has 1 fully saturated rings. The molecule has 1 aliphatic rings. The molecule has 0 bridgehead atoms. The maximum atomic E-state index is 9.18. The van der Waals surface area contributed by atoms with Crippen molar-refractivity contribution >= 4 is 36.4 Å². The van der Waals surface area contributed by atoms with E-state index in [2.05, 4.69) is 27.5 Å². The van der Waals surface area contributed by atoms with Crippen LogP contribution in [0.1, 0.15) is 24.0 Å². The van der Waals surface area contributed by atoms with Gasteiger partial charge in [0.25, 0.3) is 0 Å². The summed E-state index contributed by atoms with van der Waals surface area (Å²) in [5, 5.41) is 18.1. The predicted octanol–water partition coefficient (Wildman–Crippen LogP) is 3.50. The van der Waals surface area contributed by atoms with Crippen LogP contribution in [0, 0.1) is 17.2 Å². The van der Waals surface area contributed by atoms with E-state index in [1.54, 1.807) is 0 Å². The number of nitrogens with one attached hydrogen (secondary N) is 1. The number of rotatable bonds is 6. The van der Waals surface area contributed by atoms with Crippen molar-refractivity contribution in [3.63, 3.8) is 0 Å². The number of benzene rings is 2. The van der Waals surface area contributed by atoms with Crippen molar-refractivity contribution in [2.45, 2.75) is 19.4 Å². The summed E-state index contributed by atoms with van der Waals surface area (Å²) < 4.78 is 1.88. The summed E-state index contributed by atoms with van der Waals surface area (Å²) in [4.78, 5) is 7.33. The van der Waals surface area contributed by atoms with Gasteiger partial charge in [0, 0.05) is 42.5 Å². The van der Waals surface area contributed by atoms with Crippen LogP contribution in [-0.4, -0.2) is 47.0 Å². The normalized spacial score (nSPS) is 16.4. The number of aromatic nitrogens is 3. The Kier molecular flexibility index (Phi) is 6.53. The van der Waals surface area contributed by atoms with Gasteiger partial charge in [-0.3, -0.25) is 4.90 Å². The number of fused-ring (bicyclic) bond motifs is 1. The largest absolute Gasteiger partial charge is 0.370 e. The lowest BCUT2D eigenvalue weighted by atomic mass is 9.97. The Balaban J connectivity index is 1.32. The van der Waals surface area contributed by atoms with Gasteiger partial charge in [0.2, 0.25) is 0 Å². The number of hydrogen-bond donors (Lipinski definition) is 1. The third-order valence-corrected chi connectivity index (χ3v) is 6.76. The SMILES string of the molecule is Bc1cnn2c(NCC3CCCN(Cc4cccc(C#N)c4)C3)cc(-c3ccccc3Cl)nc12. The van der Waals surface area contributed by atoms with E-state index in [0.29, 0.717) is 10.9 Å². The number of piperidine rings is 1. The highest BCUT2D eigenvalue weighted by molar-refractivity contribution is 6.36. The van der Waals surface area contributed by atoms with Gasteiger partial charge in [-0.05, 0) is 54.5 Å². The number of nitriles is 1. The zero-order valence-corrected chi connectivity index (χ0v) is 20.0. The van der Waals surface area contributed by atoms with Crippen LogP contribution >= 0.6 is 11.6 Å². The molecule has 1 aliphatic heterocycles. The fourth-order valence-corrected chi connectivity index (χ4v) is 4.95. The molecule has 2 aromatic heterocycles. The first-order chi connectivity index (χ1) is 16.6. The first-order valence-corrected chi connectivity index (χ1v) is 12.0. The summed E-state index contributed by atoms with van der Waals surface area (Å²) in [5.74, 6) is 1.45. The molecule has 1 unspecified atom stereocenters. The highest BCUT2D eigenvalue weighted by Gasteiger charge is 2.21. The molecule has 170 valence electrons. The van der Waals surface area contributed by atoms with Crippen LogP contribution in [0.3, 0.4) is 0 Å². The van der Waals surface area contributed by atoms with Gasteiger partial charge < -0.3 is 5.32 Å². The molecule has 2 aromatic carbocycles. The van der Waals surface area contributed by atoms with E-state index in [-0.39, 0.29) is 0 Å². The monoisotopic (exact) mass is 468 g/mol. The molecule has 4 aromatic rings. The molecular formula is C26H26BClN6. The van der Waals surface area contributed by atoms with E-state index in [1.165, 1.54) is 18.4 Å². The van der Waals surface area contributed by atoms with Gasteiger partial charge in [0.1, 0.15) is 13.7 Å². The summed E-state index contributed by atoms with van der Waals surface area (Å²) in [6.45, 7) is 3.84. The van der Waals surface area contributed by atoms with Crippen molar-refractivity contribution in [3.8, 4) is 17.3 Å². The maximum absolute atomic E-state index is 9.18. The third-order valence-electron chi connectivity index (χ3n) is 6.44. The minimum absolute atomic E-state index is 0.525. The lowest BCUT2D eigenvalue weighted by Gasteiger charge is -2.33. The second kappa shape index (κ2) is 9.88. The van der Waals surface area contributed by atoms with Crippen molar-refractivity contribution in [1.82, 2.24) is 19.5 Å². The van der Waals surface area contributed by atoms with E-state index >= 15 is 0 Å². The minimum Gasteiger partial charge on any atom is -0.370 e. The topological polar surface area (TPSA) is 69.2 Å². The van der Waals surface area contributed by atoms with Gasteiger partial charge in [0.15, 0.2) is 5.65 Å². The molecule has 3 heterocycles. The predicted molar refractivity (Wildman–Crippen MR) is 139 cm³/mol. The Hall–Kier alpha value is -3.34. The van der Waals surface area contributed by atoms with Crippen molar-refractivity contribution < 1.29 is 0 Å². The molecule has 34 heavy (non-hydrogen) atoms. The van der Waals surface area contributed by atoms with Crippen LogP contribution < -0.4 is 10.8 Å². The lowest BCUT2D eigenvalue weighted by molar-refractivity contribution is 0.173. The van der Waals surface area contributed by atoms with E-state index in [9.17, 15) is 5.26 Å². The van der Waals surface area contributed by atoms with Crippen LogP contribution in [0.5, 0.6) is 0 Å². The first kappa shape index (κ1) is 22.5. The molecule has 0 saturated carbocycles. The fraction of sp³-hybridized carbons (Fsp3) is 0.269. The average Bonchev–Trinajstić information content (AvgIpc) is 3.24. The Bertz CT molecular complexity index is 1360. The second-order valence-electron chi connectivity index (χ2n) is 9.01. The van der Waals surface area contributed by atoms with E-state index in [0.717, 1.165) is 59.9 Å². The van der Waals surface area contributed by atoms with Gasteiger partial charge in [-0.15, -0.1) is 0 Å². The molecule has 1 N–H and O–H groups in total. The standard InChI is InChI=1S/C26H26BClN6/c27-22-15-31-34-25(12-24(32-26(22)34)21-8-1-2-9-23(21)28)30-14-20-7-4-10-33(17-20)16-19-6-3-5-18(11-19)13-29/h1-3,5-6,8-9,11-12,15,20,30H,4,7,10,14,16-17,27H2. The van der Waals surface area contributed by atoms with E-state index in [4.69, 9.17) is 16.6 Å². The number of likely N-dealkylation sites (tertiary alicyclic amines) is 1. The molecule has 1 saturated heterocycles. The lowest BCUT2D eigenvalue weighted by Crippen LogP contribution is -2.37. The van der Waals surface area contributed by atoms with Gasteiger partial charge in [-0.2, -0.15) is 14.9 Å². The summed E-state index contributed by atoms with van der Waals surface area (Å²) in [6.07, 6.45) is 4.20. The molecule has 8 heteroatoms. The second-order valence-corrected chi connectivity index (χ2v) is 9.41. The Morgan fingerprint density at radius 2 is 2.06 bits per heavy atom. The Morgan fingerprint density at radius 3 is 2.91 bits per heavy atom. The number of hydrogen-bond acceptors (Lipinski definition) is 5. The van der Waals surface area contributed by atoms with Crippen molar-refractivity contribution in [3.05, 3.63) is 76.9 Å². The molecule has 0 radical (unpaired) electrons. The Morgan fingerprint density at radius 1 is 1.18 bits per heavy atom. The van der Waals surface area contributed by atoms with Crippen LogP contribution in [-0.2, 0) is 6.54 Å². The van der Waals surface area contributed by atoms with Crippen molar-refractivity contribution in [1.29, 1.82) is 5.26 Å². The Labute approximate surface area is 205 Å². The van der Waals surface area contributed by atoms with Crippen LogP contribution in [0.4, 0.5) is 5.82 Å². The molecule has 1 atom stereocenters. The van der Waals surface area contributed by atoms with Gasteiger partial charge >= 0.3 is 0 Å². The fourth-order valence-electron chi connectivity index (χ4n) is 4.71. The highest BCUT2D eigenvalue weighted by atomic mass is 35.5. The molecule has 0 aliphatic carbocycles. The highest BCUT2D eigenvalue weighted by Crippen LogP contribution is 2.28. The smallest absolute Gasteiger partial charge is 0.151 e. The molecular weight excluding hydrogens is 443 g/mol. The van der Waals surface area contributed by atoms with Crippen LogP contribution in [0.25, 0.3) is 16.9 Å². The van der Waals surface area contributed by atoms with Gasteiger partial charge in [-0.1, -0.05) is 41.9 Å². The van der Waals surface area contributed by atoms with Gasteiger partial charge in [0.05, 0.1) is 17.3 Å². The summed E-state index contributed by atoms with van der Waals surface area (Å²) >= 11 is 6.47. The van der Waals surface area contributed by atoms with Crippen LogP contribution in [0.2, 0.25) is 5.02 Å². The zero-order valence-electron chi connectivity index (χ0n) is 19.2. The molecule has 6 nitrogen and oxygen atoms in total. The molecule has 0 amide bonds. The molecule has 0 spiro atoms. The van der Waals surface area contributed by atoms with E-state index < -0.39 is 0 Å².